The first kappa shape index (κ1) is 28.2. The number of amides is 2. The molecule has 1 aliphatic rings. The summed E-state index contributed by atoms with van der Waals surface area (Å²) in [6, 6.07) is 14.5. The molecule has 1 fully saturated rings. The van der Waals surface area contributed by atoms with Crippen molar-refractivity contribution in [3.8, 4) is 0 Å². The van der Waals surface area contributed by atoms with E-state index >= 15 is 0 Å². The molecule has 1 saturated carbocycles. The Bertz CT molecular complexity index is 1260. The van der Waals surface area contributed by atoms with E-state index in [1.807, 2.05) is 18.2 Å². The summed E-state index contributed by atoms with van der Waals surface area (Å²) < 4.78 is 25.9. The lowest BCUT2D eigenvalue weighted by Gasteiger charge is -2.30. The lowest BCUT2D eigenvalue weighted by Crippen LogP contribution is -2.38. The van der Waals surface area contributed by atoms with Gasteiger partial charge in [-0.05, 0) is 73.6 Å². The topological polar surface area (TPSA) is 101 Å². The third-order valence-electron chi connectivity index (χ3n) is 6.80. The van der Waals surface area contributed by atoms with Crippen LogP contribution in [0, 0.1) is 12.7 Å². The van der Waals surface area contributed by atoms with Crippen molar-refractivity contribution in [2.75, 3.05) is 18.5 Å². The highest BCUT2D eigenvalue weighted by molar-refractivity contribution is 5.91. The summed E-state index contributed by atoms with van der Waals surface area (Å²) in [5.41, 5.74) is 2.93. The molecule has 0 radical (unpaired) electrons. The number of anilines is 1. The summed E-state index contributed by atoms with van der Waals surface area (Å²) >= 11 is 0. The number of aromatic carboxylic acids is 1. The summed E-state index contributed by atoms with van der Waals surface area (Å²) in [5.74, 6) is -1.38. The number of nitrogens with one attached hydrogen (secondary N) is 1. The van der Waals surface area contributed by atoms with E-state index < -0.39 is 11.8 Å². The number of aromatic nitrogens is 1. The van der Waals surface area contributed by atoms with Gasteiger partial charge in [0.05, 0.1) is 31.0 Å². The van der Waals surface area contributed by atoms with Crippen molar-refractivity contribution in [3.63, 3.8) is 0 Å². The molecule has 3 aromatic rings. The van der Waals surface area contributed by atoms with E-state index in [1.54, 1.807) is 48.5 Å². The minimum absolute atomic E-state index is 0.0215. The van der Waals surface area contributed by atoms with Gasteiger partial charge in [0.1, 0.15) is 5.82 Å². The van der Waals surface area contributed by atoms with Crippen LogP contribution in [0.1, 0.15) is 52.7 Å². The minimum atomic E-state index is -0.950. The molecule has 4 rings (SSSR count). The van der Waals surface area contributed by atoms with Gasteiger partial charge >= 0.3 is 12.0 Å². The number of carboxylic acids is 1. The van der Waals surface area contributed by atoms with E-state index in [9.17, 15) is 19.1 Å². The lowest BCUT2D eigenvalue weighted by molar-refractivity contribution is -0.0524. The summed E-state index contributed by atoms with van der Waals surface area (Å²) in [5, 5.41) is 12.3. The number of pyridine rings is 1. The summed E-state index contributed by atoms with van der Waals surface area (Å²) in [4.78, 5) is 30.5. The normalized spacial score (nSPS) is 17.0. The van der Waals surface area contributed by atoms with Crippen molar-refractivity contribution in [1.29, 1.82) is 0 Å². The second-order valence-corrected chi connectivity index (χ2v) is 9.73. The van der Waals surface area contributed by atoms with Crippen LogP contribution in [0.3, 0.4) is 0 Å². The Morgan fingerprint density at radius 1 is 1.10 bits per heavy atom. The van der Waals surface area contributed by atoms with Gasteiger partial charge in [-0.2, -0.15) is 0 Å². The highest BCUT2D eigenvalue weighted by atomic mass is 19.1. The lowest BCUT2D eigenvalue weighted by atomic mass is 9.94. The minimum Gasteiger partial charge on any atom is -0.478 e. The molecular formula is C30H34FN3O5. The molecule has 0 aliphatic heterocycles. The van der Waals surface area contributed by atoms with E-state index in [-0.39, 0.29) is 24.8 Å². The summed E-state index contributed by atoms with van der Waals surface area (Å²) in [6.07, 6.45) is 6.74. The Morgan fingerprint density at radius 3 is 2.64 bits per heavy atom. The number of hydrogen-bond donors (Lipinski definition) is 2. The van der Waals surface area contributed by atoms with Crippen LogP contribution in [0.15, 0.2) is 67.0 Å². The second-order valence-electron chi connectivity index (χ2n) is 9.73. The average Bonchev–Trinajstić information content (AvgIpc) is 2.92. The molecule has 39 heavy (non-hydrogen) atoms. The van der Waals surface area contributed by atoms with Gasteiger partial charge in [-0.1, -0.05) is 30.3 Å². The second kappa shape index (κ2) is 13.8. The number of ether oxygens (including phenoxy) is 2. The quantitative estimate of drug-likeness (QED) is 0.322. The first-order valence-corrected chi connectivity index (χ1v) is 13.1. The third kappa shape index (κ3) is 8.33. The van der Waals surface area contributed by atoms with Crippen LogP contribution in [0.4, 0.5) is 14.9 Å². The highest BCUT2D eigenvalue weighted by Gasteiger charge is 2.25. The Morgan fingerprint density at radius 2 is 1.90 bits per heavy atom. The van der Waals surface area contributed by atoms with Gasteiger partial charge in [0, 0.05) is 31.2 Å². The fraction of sp³-hybridized carbons (Fsp3) is 0.367. The fourth-order valence-electron chi connectivity index (χ4n) is 4.83. The Kier molecular flexibility index (Phi) is 9.99. The molecule has 0 saturated heterocycles. The highest BCUT2D eigenvalue weighted by Crippen LogP contribution is 2.25. The third-order valence-corrected chi connectivity index (χ3v) is 6.80. The van der Waals surface area contributed by atoms with E-state index in [0.717, 1.165) is 24.8 Å². The molecule has 0 bridgehead atoms. The molecule has 9 heteroatoms. The van der Waals surface area contributed by atoms with E-state index in [2.05, 4.69) is 10.3 Å². The van der Waals surface area contributed by atoms with Crippen molar-refractivity contribution >= 4 is 17.7 Å². The van der Waals surface area contributed by atoms with Crippen LogP contribution in [0.5, 0.6) is 0 Å². The van der Waals surface area contributed by atoms with Crippen LogP contribution < -0.4 is 5.32 Å². The van der Waals surface area contributed by atoms with Crippen molar-refractivity contribution in [2.45, 2.75) is 58.0 Å². The number of carbonyl (C=O) groups excluding carboxylic acids is 1. The SMILES string of the molecule is Cc1cccc(CO[C@@H]2CCC[C@H](OCCN(Cc3cccnc3)C(=O)Nc3cccc(F)c3)C2)c1C(=O)O. The number of hydrogen-bond acceptors (Lipinski definition) is 5. The molecule has 206 valence electrons. The molecule has 0 unspecified atom stereocenters. The maximum absolute atomic E-state index is 13.6. The summed E-state index contributed by atoms with van der Waals surface area (Å²) in [6.45, 7) is 3.02. The average molecular weight is 536 g/mol. The van der Waals surface area contributed by atoms with Gasteiger partial charge in [-0.15, -0.1) is 0 Å². The maximum Gasteiger partial charge on any atom is 0.336 e. The Balaban J connectivity index is 1.31. The van der Waals surface area contributed by atoms with E-state index in [4.69, 9.17) is 9.47 Å². The first-order valence-electron chi connectivity index (χ1n) is 13.1. The van der Waals surface area contributed by atoms with Crippen LogP contribution in [0.2, 0.25) is 0 Å². The number of halogens is 1. The van der Waals surface area contributed by atoms with Crippen molar-refractivity contribution < 1.29 is 28.6 Å². The molecule has 2 N–H and O–H groups in total. The van der Waals surface area contributed by atoms with Gasteiger partial charge in [0.15, 0.2) is 0 Å². The van der Waals surface area contributed by atoms with Gasteiger partial charge in [-0.25, -0.2) is 14.0 Å². The van der Waals surface area contributed by atoms with Crippen LogP contribution >= 0.6 is 0 Å². The van der Waals surface area contributed by atoms with Crippen molar-refractivity contribution in [2.24, 2.45) is 0 Å². The fourth-order valence-corrected chi connectivity index (χ4v) is 4.83. The van der Waals surface area contributed by atoms with E-state index in [0.29, 0.717) is 48.5 Å². The molecule has 1 aromatic heterocycles. The number of urea groups is 1. The summed E-state index contributed by atoms with van der Waals surface area (Å²) in [7, 11) is 0. The molecule has 1 aliphatic carbocycles. The smallest absolute Gasteiger partial charge is 0.336 e. The molecular weight excluding hydrogens is 501 g/mol. The van der Waals surface area contributed by atoms with Crippen LogP contribution in [-0.2, 0) is 22.6 Å². The molecule has 0 spiro atoms. The number of carboxylic acid groups (broad SMARTS) is 1. The maximum atomic E-state index is 13.6. The molecule has 1 heterocycles. The number of carbonyl (C=O) groups is 2. The van der Waals surface area contributed by atoms with Crippen LogP contribution in [-0.4, -0.2) is 52.4 Å². The predicted molar refractivity (Wildman–Crippen MR) is 145 cm³/mol. The van der Waals surface area contributed by atoms with E-state index in [1.165, 1.54) is 12.1 Å². The first-order chi connectivity index (χ1) is 18.9. The number of rotatable bonds is 11. The number of nitrogens with zero attached hydrogens (tertiary/aromatic N) is 2. The molecule has 8 nitrogen and oxygen atoms in total. The monoisotopic (exact) mass is 535 g/mol. The van der Waals surface area contributed by atoms with Gasteiger partial charge in [-0.3, -0.25) is 4.98 Å². The molecule has 2 aromatic carbocycles. The Hall–Kier alpha value is -3.82. The largest absolute Gasteiger partial charge is 0.478 e. The standard InChI is InChI=1S/C30H34FN3O5/c1-21-6-2-8-23(28(21)29(35)36)20-39-27-12-4-11-26(17-27)38-15-14-34(19-22-7-5-13-32-18-22)30(37)33-25-10-3-9-24(31)16-25/h2-3,5-10,13,16,18,26-27H,4,11-12,14-15,17,19-20H2,1H3,(H,33,37)(H,35,36)/t26-,27+/m0/s1. The zero-order valence-electron chi connectivity index (χ0n) is 22.0. The number of aryl methyl sites for hydroxylation is 1. The predicted octanol–water partition coefficient (Wildman–Crippen LogP) is 5.81. The number of benzene rings is 2. The van der Waals surface area contributed by atoms with Gasteiger partial charge < -0.3 is 24.8 Å². The van der Waals surface area contributed by atoms with Gasteiger partial charge in [0.2, 0.25) is 0 Å². The molecule has 2 atom stereocenters. The van der Waals surface area contributed by atoms with Crippen LogP contribution in [0.25, 0.3) is 0 Å². The molecule has 2 amide bonds. The zero-order valence-corrected chi connectivity index (χ0v) is 22.0. The van der Waals surface area contributed by atoms with Crippen molar-refractivity contribution in [1.82, 2.24) is 9.88 Å². The van der Waals surface area contributed by atoms with Gasteiger partial charge in [0.25, 0.3) is 0 Å². The zero-order chi connectivity index (χ0) is 27.6. The Labute approximate surface area is 227 Å². The van der Waals surface area contributed by atoms with Crippen molar-refractivity contribution in [3.05, 3.63) is 95.1 Å².